The van der Waals surface area contributed by atoms with Gasteiger partial charge in [0.2, 0.25) is 0 Å². The van der Waals surface area contributed by atoms with Gasteiger partial charge in [-0.3, -0.25) is 24.7 Å². The van der Waals surface area contributed by atoms with Crippen LogP contribution in [-0.2, 0) is 9.53 Å². The third-order valence-corrected chi connectivity index (χ3v) is 6.60. The Morgan fingerprint density at radius 1 is 1.26 bits per heavy atom. The van der Waals surface area contributed by atoms with E-state index in [2.05, 4.69) is 9.88 Å². The molecular formula is C24H26N4O5S. The van der Waals surface area contributed by atoms with Crippen LogP contribution in [-0.4, -0.2) is 67.2 Å². The predicted octanol–water partition coefficient (Wildman–Crippen LogP) is 3.98. The van der Waals surface area contributed by atoms with E-state index in [-0.39, 0.29) is 11.6 Å². The molecule has 0 bridgehead atoms. The number of non-ortho nitro benzene ring substituents is 1. The van der Waals surface area contributed by atoms with E-state index in [9.17, 15) is 14.9 Å². The first-order valence-corrected chi connectivity index (χ1v) is 11.8. The number of hydrogen-bond acceptors (Lipinski definition) is 8. The number of carbonyl (C=O) groups excluding carboxylic acids is 1. The molecule has 2 aromatic carbocycles. The van der Waals surface area contributed by atoms with Crippen molar-refractivity contribution < 1.29 is 19.2 Å². The van der Waals surface area contributed by atoms with Gasteiger partial charge in [-0.25, -0.2) is 4.98 Å². The number of morpholine rings is 1. The van der Waals surface area contributed by atoms with E-state index in [0.717, 1.165) is 55.2 Å². The van der Waals surface area contributed by atoms with Crippen molar-refractivity contribution in [1.29, 1.82) is 0 Å². The first kappa shape index (κ1) is 23.8. The number of aromatic nitrogens is 1. The summed E-state index contributed by atoms with van der Waals surface area (Å²) in [4.78, 5) is 32.3. The van der Waals surface area contributed by atoms with Crippen LogP contribution in [0.2, 0.25) is 0 Å². The first-order chi connectivity index (χ1) is 16.5. The zero-order chi connectivity index (χ0) is 23.9. The molecule has 0 saturated carbocycles. The first-order valence-electron chi connectivity index (χ1n) is 11.0. The van der Waals surface area contributed by atoms with Crippen molar-refractivity contribution in [1.82, 2.24) is 9.88 Å². The number of nitro groups is 1. The van der Waals surface area contributed by atoms with Gasteiger partial charge in [-0.2, -0.15) is 0 Å². The van der Waals surface area contributed by atoms with Crippen LogP contribution in [0.1, 0.15) is 12.0 Å². The van der Waals surface area contributed by atoms with Crippen LogP contribution in [0.3, 0.4) is 0 Å². The molecule has 1 aromatic heterocycles. The Balaban J connectivity index is 1.52. The number of amides is 1. The Hall–Kier alpha value is -3.34. The SMILES string of the molecule is COc1ccc2nc(N(CCCN3CCOCC3)C(=O)C=Cc3ccc([N+](=O)[O-])cc3)sc2c1. The number of carbonyl (C=O) groups is 1. The molecule has 1 amide bonds. The van der Waals surface area contributed by atoms with E-state index >= 15 is 0 Å². The van der Waals surface area contributed by atoms with Gasteiger partial charge in [0.1, 0.15) is 5.75 Å². The van der Waals surface area contributed by atoms with Crippen molar-refractivity contribution >= 4 is 44.4 Å². The number of hydrogen-bond donors (Lipinski definition) is 0. The molecule has 3 aromatic rings. The van der Waals surface area contributed by atoms with Crippen molar-refractivity contribution in [2.24, 2.45) is 0 Å². The summed E-state index contributed by atoms with van der Waals surface area (Å²) in [6.07, 6.45) is 3.95. The lowest BCUT2D eigenvalue weighted by atomic mass is 10.2. The lowest BCUT2D eigenvalue weighted by molar-refractivity contribution is -0.384. The Labute approximate surface area is 201 Å². The van der Waals surface area contributed by atoms with Gasteiger partial charge in [0.25, 0.3) is 11.6 Å². The van der Waals surface area contributed by atoms with Crippen LogP contribution in [0.25, 0.3) is 16.3 Å². The summed E-state index contributed by atoms with van der Waals surface area (Å²) in [5.41, 5.74) is 1.53. The van der Waals surface area contributed by atoms with E-state index < -0.39 is 4.92 Å². The third kappa shape index (κ3) is 5.96. The summed E-state index contributed by atoms with van der Waals surface area (Å²) in [5, 5.41) is 11.5. The van der Waals surface area contributed by atoms with Gasteiger partial charge in [0.05, 0.1) is 35.5 Å². The molecule has 34 heavy (non-hydrogen) atoms. The van der Waals surface area contributed by atoms with Crippen molar-refractivity contribution in [2.75, 3.05) is 51.4 Å². The molecule has 0 spiro atoms. The van der Waals surface area contributed by atoms with Gasteiger partial charge in [-0.15, -0.1) is 0 Å². The number of nitrogens with zero attached hydrogens (tertiary/aromatic N) is 4. The standard InChI is InChI=1S/C24H26N4O5S/c1-32-20-8-9-21-22(17-20)34-24(25-21)27(12-2-11-26-13-15-33-16-14-26)23(29)10-5-18-3-6-19(7-4-18)28(30)31/h3-10,17H,2,11-16H2,1H3. The second-order valence-corrected chi connectivity index (χ2v) is 8.82. The molecule has 9 nitrogen and oxygen atoms in total. The number of ether oxygens (including phenoxy) is 2. The minimum atomic E-state index is -0.447. The van der Waals surface area contributed by atoms with Crippen molar-refractivity contribution in [3.63, 3.8) is 0 Å². The fourth-order valence-electron chi connectivity index (χ4n) is 3.68. The minimum Gasteiger partial charge on any atom is -0.497 e. The molecule has 2 heterocycles. The molecule has 1 aliphatic heterocycles. The number of nitro benzene ring substituents is 1. The smallest absolute Gasteiger partial charge is 0.269 e. The summed E-state index contributed by atoms with van der Waals surface area (Å²) in [5.74, 6) is 0.553. The number of fused-ring (bicyclic) bond motifs is 1. The maximum atomic E-state index is 13.2. The van der Waals surface area contributed by atoms with E-state index in [1.54, 1.807) is 30.2 Å². The summed E-state index contributed by atoms with van der Waals surface area (Å²) in [7, 11) is 1.62. The minimum absolute atomic E-state index is 0.0121. The molecule has 0 unspecified atom stereocenters. The topological polar surface area (TPSA) is 98.0 Å². The zero-order valence-electron chi connectivity index (χ0n) is 18.9. The van der Waals surface area contributed by atoms with Gasteiger partial charge in [0, 0.05) is 44.4 Å². The maximum absolute atomic E-state index is 13.2. The predicted molar refractivity (Wildman–Crippen MR) is 133 cm³/mol. The molecule has 1 saturated heterocycles. The highest BCUT2D eigenvalue weighted by atomic mass is 32.1. The third-order valence-electron chi connectivity index (χ3n) is 5.56. The highest BCUT2D eigenvalue weighted by molar-refractivity contribution is 7.22. The monoisotopic (exact) mass is 482 g/mol. The van der Waals surface area contributed by atoms with Crippen LogP contribution in [0.5, 0.6) is 5.75 Å². The van der Waals surface area contributed by atoms with Crippen LogP contribution >= 0.6 is 11.3 Å². The summed E-state index contributed by atoms with van der Waals surface area (Å²) >= 11 is 1.45. The largest absolute Gasteiger partial charge is 0.497 e. The van der Waals surface area contributed by atoms with Gasteiger partial charge in [0.15, 0.2) is 5.13 Å². The molecule has 0 aliphatic carbocycles. The average molecular weight is 483 g/mol. The summed E-state index contributed by atoms with van der Waals surface area (Å²) in [6.45, 7) is 4.67. The molecule has 1 fully saturated rings. The molecule has 0 radical (unpaired) electrons. The number of rotatable bonds is 9. The van der Waals surface area contributed by atoms with E-state index in [4.69, 9.17) is 9.47 Å². The second kappa shape index (κ2) is 11.2. The highest BCUT2D eigenvalue weighted by Gasteiger charge is 2.19. The van der Waals surface area contributed by atoms with Crippen LogP contribution in [0.4, 0.5) is 10.8 Å². The van der Waals surface area contributed by atoms with Crippen molar-refractivity contribution in [2.45, 2.75) is 6.42 Å². The van der Waals surface area contributed by atoms with Gasteiger partial charge in [-0.1, -0.05) is 11.3 Å². The fourth-order valence-corrected chi connectivity index (χ4v) is 4.70. The quantitative estimate of drug-likeness (QED) is 0.258. The maximum Gasteiger partial charge on any atom is 0.269 e. The lowest BCUT2D eigenvalue weighted by Crippen LogP contribution is -2.39. The molecule has 0 N–H and O–H groups in total. The lowest BCUT2D eigenvalue weighted by Gasteiger charge is -2.27. The van der Waals surface area contributed by atoms with Crippen molar-refractivity contribution in [3.8, 4) is 5.75 Å². The molecular weight excluding hydrogens is 456 g/mol. The number of methoxy groups -OCH3 is 1. The van der Waals surface area contributed by atoms with Crippen LogP contribution < -0.4 is 9.64 Å². The van der Waals surface area contributed by atoms with Crippen molar-refractivity contribution in [3.05, 3.63) is 64.2 Å². The zero-order valence-corrected chi connectivity index (χ0v) is 19.7. The summed E-state index contributed by atoms with van der Waals surface area (Å²) in [6, 6.07) is 11.7. The molecule has 4 rings (SSSR count). The fraction of sp³-hybridized carbons (Fsp3) is 0.333. The van der Waals surface area contributed by atoms with Gasteiger partial charge >= 0.3 is 0 Å². The molecule has 178 valence electrons. The highest BCUT2D eigenvalue weighted by Crippen LogP contribution is 2.32. The molecule has 1 aliphatic rings. The Bertz CT molecular complexity index is 1170. The molecule has 0 atom stereocenters. The normalized spacial score (nSPS) is 14.5. The second-order valence-electron chi connectivity index (χ2n) is 7.81. The van der Waals surface area contributed by atoms with E-state index in [1.165, 1.54) is 29.5 Å². The Kier molecular flexibility index (Phi) is 7.84. The van der Waals surface area contributed by atoms with E-state index in [1.807, 2.05) is 18.2 Å². The van der Waals surface area contributed by atoms with Crippen LogP contribution in [0.15, 0.2) is 48.5 Å². The molecule has 10 heteroatoms. The van der Waals surface area contributed by atoms with Crippen LogP contribution in [0, 0.1) is 10.1 Å². The number of anilines is 1. The van der Waals surface area contributed by atoms with Gasteiger partial charge in [-0.05, 0) is 48.4 Å². The Morgan fingerprint density at radius 2 is 2.03 bits per heavy atom. The number of benzene rings is 2. The summed E-state index contributed by atoms with van der Waals surface area (Å²) < 4.78 is 11.7. The Morgan fingerprint density at radius 3 is 2.74 bits per heavy atom. The number of thiazole rings is 1. The average Bonchev–Trinajstić information content (AvgIpc) is 3.29. The van der Waals surface area contributed by atoms with Gasteiger partial charge < -0.3 is 9.47 Å². The van der Waals surface area contributed by atoms with E-state index in [0.29, 0.717) is 17.2 Å².